The van der Waals surface area contributed by atoms with E-state index in [2.05, 4.69) is 20.1 Å². The van der Waals surface area contributed by atoms with Crippen LogP contribution in [0.1, 0.15) is 48.9 Å². The zero-order valence-corrected chi connectivity index (χ0v) is 12.5. The van der Waals surface area contributed by atoms with Crippen molar-refractivity contribution in [1.82, 2.24) is 20.1 Å². The molecule has 2 aromatic rings. The van der Waals surface area contributed by atoms with Crippen molar-refractivity contribution in [1.29, 1.82) is 0 Å². The van der Waals surface area contributed by atoms with Gasteiger partial charge in [-0.05, 0) is 25.3 Å². The molecule has 1 aliphatic heterocycles. The number of alkyl halides is 1. The largest absolute Gasteiger partial charge is 0.337 e. The van der Waals surface area contributed by atoms with E-state index in [0.29, 0.717) is 30.7 Å². The number of aromatic nitrogens is 4. The van der Waals surface area contributed by atoms with E-state index in [9.17, 15) is 0 Å². The number of aryl methyl sites for hydroxylation is 1. The van der Waals surface area contributed by atoms with Crippen LogP contribution in [-0.2, 0) is 5.67 Å². The minimum atomic E-state index is -1.61. The Balaban J connectivity index is 1.52. The Morgan fingerprint density at radius 2 is 2.09 bits per heavy atom. The van der Waals surface area contributed by atoms with Crippen LogP contribution in [0.5, 0.6) is 0 Å². The molecule has 0 N–H and O–H groups in total. The van der Waals surface area contributed by atoms with Gasteiger partial charge < -0.3 is 9.42 Å². The van der Waals surface area contributed by atoms with E-state index in [-0.39, 0.29) is 12.4 Å². The van der Waals surface area contributed by atoms with E-state index < -0.39 is 5.67 Å². The Labute approximate surface area is 127 Å². The standard InChI is InChI=1S/C15H18FN5O/c1-10-7-17-14(18-8-10)21-6-5-15(16,9-21)13-19-12(20-22-13)11-3-2-4-11/h7-8,11H,2-6,9H2,1H3. The van der Waals surface area contributed by atoms with Gasteiger partial charge >= 0.3 is 0 Å². The zero-order chi connectivity index (χ0) is 15.2. The fraction of sp³-hybridized carbons (Fsp3) is 0.600. The molecule has 116 valence electrons. The first-order valence-electron chi connectivity index (χ1n) is 7.71. The van der Waals surface area contributed by atoms with E-state index in [1.165, 1.54) is 6.42 Å². The van der Waals surface area contributed by atoms with Crippen LogP contribution in [0.15, 0.2) is 16.9 Å². The fourth-order valence-corrected chi connectivity index (χ4v) is 2.92. The van der Waals surface area contributed by atoms with Gasteiger partial charge in [0.15, 0.2) is 5.82 Å². The number of hydrogen-bond acceptors (Lipinski definition) is 6. The minimum Gasteiger partial charge on any atom is -0.337 e. The van der Waals surface area contributed by atoms with E-state index in [1.807, 2.05) is 11.8 Å². The fourth-order valence-electron chi connectivity index (χ4n) is 2.92. The van der Waals surface area contributed by atoms with Gasteiger partial charge in [-0.2, -0.15) is 4.98 Å². The molecule has 2 aliphatic rings. The summed E-state index contributed by atoms with van der Waals surface area (Å²) in [5.74, 6) is 1.65. The van der Waals surface area contributed by atoms with Crippen molar-refractivity contribution in [2.75, 3.05) is 18.0 Å². The average molecular weight is 303 g/mol. The number of hydrogen-bond donors (Lipinski definition) is 0. The molecule has 1 saturated carbocycles. The van der Waals surface area contributed by atoms with Crippen LogP contribution in [0.3, 0.4) is 0 Å². The Hall–Kier alpha value is -2.05. The molecule has 0 amide bonds. The molecule has 0 spiro atoms. The Bertz CT molecular complexity index is 669. The first kappa shape index (κ1) is 13.6. The Morgan fingerprint density at radius 1 is 1.32 bits per heavy atom. The summed E-state index contributed by atoms with van der Waals surface area (Å²) < 4.78 is 20.4. The molecule has 4 rings (SSSR count). The number of nitrogens with zero attached hydrogens (tertiary/aromatic N) is 5. The maximum absolute atomic E-state index is 15.2. The van der Waals surface area contributed by atoms with Crippen molar-refractivity contribution in [3.8, 4) is 0 Å². The van der Waals surface area contributed by atoms with Gasteiger partial charge in [0, 0.05) is 31.3 Å². The monoisotopic (exact) mass is 303 g/mol. The second kappa shape index (κ2) is 5.00. The van der Waals surface area contributed by atoms with E-state index >= 15 is 4.39 Å². The number of halogens is 1. The van der Waals surface area contributed by atoms with Crippen LogP contribution in [0, 0.1) is 6.92 Å². The lowest BCUT2D eigenvalue weighted by Gasteiger charge is -2.21. The summed E-state index contributed by atoms with van der Waals surface area (Å²) in [5, 5.41) is 3.96. The van der Waals surface area contributed by atoms with Crippen LogP contribution < -0.4 is 4.90 Å². The van der Waals surface area contributed by atoms with Gasteiger partial charge in [-0.3, -0.25) is 0 Å². The van der Waals surface area contributed by atoms with Gasteiger partial charge in [0.25, 0.3) is 5.89 Å². The molecular weight excluding hydrogens is 285 g/mol. The van der Waals surface area contributed by atoms with Crippen molar-refractivity contribution in [2.24, 2.45) is 0 Å². The molecule has 2 fully saturated rings. The quantitative estimate of drug-likeness (QED) is 0.868. The molecule has 0 aromatic carbocycles. The second-order valence-electron chi connectivity index (χ2n) is 6.28. The summed E-state index contributed by atoms with van der Waals surface area (Å²) in [6, 6.07) is 0. The lowest BCUT2D eigenvalue weighted by atomic mass is 9.85. The molecule has 6 nitrogen and oxygen atoms in total. The van der Waals surface area contributed by atoms with Crippen molar-refractivity contribution in [3.05, 3.63) is 29.7 Å². The first-order valence-corrected chi connectivity index (χ1v) is 7.71. The molecule has 3 heterocycles. The van der Waals surface area contributed by atoms with Crippen LogP contribution in [0.4, 0.5) is 10.3 Å². The summed E-state index contributed by atoms with van der Waals surface area (Å²) in [5.41, 5.74) is -0.625. The normalized spacial score (nSPS) is 25.5. The maximum Gasteiger partial charge on any atom is 0.266 e. The molecule has 0 radical (unpaired) electrons. The molecule has 22 heavy (non-hydrogen) atoms. The smallest absolute Gasteiger partial charge is 0.266 e. The predicted octanol–water partition coefficient (Wildman–Crippen LogP) is 2.51. The van der Waals surface area contributed by atoms with Gasteiger partial charge in [0.2, 0.25) is 11.6 Å². The number of rotatable bonds is 3. The van der Waals surface area contributed by atoms with Crippen molar-refractivity contribution in [3.63, 3.8) is 0 Å². The predicted molar refractivity (Wildman–Crippen MR) is 77.3 cm³/mol. The highest BCUT2D eigenvalue weighted by molar-refractivity contribution is 5.34. The lowest BCUT2D eigenvalue weighted by Crippen LogP contribution is -2.28. The molecule has 1 atom stereocenters. The van der Waals surface area contributed by atoms with E-state index in [1.54, 1.807) is 12.4 Å². The van der Waals surface area contributed by atoms with Gasteiger partial charge in [-0.15, -0.1) is 0 Å². The van der Waals surface area contributed by atoms with E-state index in [0.717, 1.165) is 18.4 Å². The van der Waals surface area contributed by atoms with Crippen molar-refractivity contribution in [2.45, 2.75) is 44.2 Å². The second-order valence-corrected chi connectivity index (χ2v) is 6.28. The summed E-state index contributed by atoms with van der Waals surface area (Å²) in [7, 11) is 0. The Morgan fingerprint density at radius 3 is 2.77 bits per heavy atom. The third-order valence-corrected chi connectivity index (χ3v) is 4.56. The van der Waals surface area contributed by atoms with Crippen LogP contribution >= 0.6 is 0 Å². The maximum atomic E-state index is 15.2. The molecule has 2 aromatic heterocycles. The van der Waals surface area contributed by atoms with Gasteiger partial charge in [0.05, 0.1) is 6.54 Å². The summed E-state index contributed by atoms with van der Waals surface area (Å²) in [6.07, 6.45) is 7.12. The SMILES string of the molecule is Cc1cnc(N2CCC(F)(c3nc(C4CCC4)no3)C2)nc1. The van der Waals surface area contributed by atoms with Crippen LogP contribution in [0.2, 0.25) is 0 Å². The average Bonchev–Trinajstić information content (AvgIpc) is 3.06. The molecule has 1 aliphatic carbocycles. The molecule has 1 saturated heterocycles. The Kier molecular flexibility index (Phi) is 3.09. The van der Waals surface area contributed by atoms with E-state index in [4.69, 9.17) is 4.52 Å². The zero-order valence-electron chi connectivity index (χ0n) is 12.5. The molecule has 0 bridgehead atoms. The third-order valence-electron chi connectivity index (χ3n) is 4.56. The third kappa shape index (κ3) is 2.24. The molecule has 1 unspecified atom stereocenters. The summed E-state index contributed by atoms with van der Waals surface area (Å²) >= 11 is 0. The highest BCUT2D eigenvalue weighted by atomic mass is 19.1. The topological polar surface area (TPSA) is 67.9 Å². The minimum absolute atomic E-state index is 0.101. The molecular formula is C15H18FN5O. The molecule has 7 heteroatoms. The van der Waals surface area contributed by atoms with Crippen molar-refractivity contribution >= 4 is 5.95 Å². The highest BCUT2D eigenvalue weighted by Gasteiger charge is 2.46. The first-order chi connectivity index (χ1) is 10.6. The van der Waals surface area contributed by atoms with Crippen LogP contribution in [-0.4, -0.2) is 33.2 Å². The van der Waals surface area contributed by atoms with Crippen molar-refractivity contribution < 1.29 is 8.91 Å². The summed E-state index contributed by atoms with van der Waals surface area (Å²) in [6.45, 7) is 2.62. The number of anilines is 1. The highest BCUT2D eigenvalue weighted by Crippen LogP contribution is 2.39. The van der Waals surface area contributed by atoms with Gasteiger partial charge in [-0.1, -0.05) is 11.6 Å². The van der Waals surface area contributed by atoms with Crippen LogP contribution in [0.25, 0.3) is 0 Å². The van der Waals surface area contributed by atoms with Gasteiger partial charge in [0.1, 0.15) is 0 Å². The summed E-state index contributed by atoms with van der Waals surface area (Å²) in [4.78, 5) is 14.6. The lowest BCUT2D eigenvalue weighted by molar-refractivity contribution is 0.135. The van der Waals surface area contributed by atoms with Gasteiger partial charge in [-0.25, -0.2) is 14.4 Å².